The van der Waals surface area contributed by atoms with Gasteiger partial charge in [-0.2, -0.15) is 8.78 Å². The van der Waals surface area contributed by atoms with Gasteiger partial charge in [0.25, 0.3) is 5.92 Å². The Kier molecular flexibility index (Phi) is 10.6. The Morgan fingerprint density at radius 1 is 1.05 bits per heavy atom. The summed E-state index contributed by atoms with van der Waals surface area (Å²) in [6, 6.07) is 9.64. The van der Waals surface area contributed by atoms with Crippen LogP contribution in [0.25, 0.3) is 11.1 Å². The molecule has 4 nitrogen and oxygen atoms in total. The summed E-state index contributed by atoms with van der Waals surface area (Å²) in [6.45, 7) is 3.14. The van der Waals surface area contributed by atoms with E-state index in [2.05, 4.69) is 4.72 Å². The van der Waals surface area contributed by atoms with Crippen molar-refractivity contribution in [1.82, 2.24) is 4.72 Å². The summed E-state index contributed by atoms with van der Waals surface area (Å²) in [6.07, 6.45) is 12.5. The summed E-state index contributed by atoms with van der Waals surface area (Å²) in [5.74, 6) is -2.16. The minimum atomic E-state index is -3.37. The molecule has 1 N–H and O–H groups in total. The molecule has 1 fully saturated rings. The van der Waals surface area contributed by atoms with Crippen LogP contribution in [-0.2, 0) is 15.5 Å². The van der Waals surface area contributed by atoms with Gasteiger partial charge >= 0.3 is 0 Å². The zero-order chi connectivity index (χ0) is 27.0. The highest BCUT2D eigenvalue weighted by Crippen LogP contribution is 2.36. The average molecular weight is 564 g/mol. The van der Waals surface area contributed by atoms with Gasteiger partial charge in [0.2, 0.25) is 0 Å². The van der Waals surface area contributed by atoms with E-state index >= 15 is 8.78 Å². The highest BCUT2D eigenvalue weighted by atomic mass is 35.5. The summed E-state index contributed by atoms with van der Waals surface area (Å²) >= 11 is 7.34. The lowest BCUT2D eigenvalue weighted by Crippen LogP contribution is -2.42. The maximum Gasteiger partial charge on any atom is 0.295 e. The van der Waals surface area contributed by atoms with Crippen molar-refractivity contribution in [1.29, 1.82) is 0 Å². The Hall–Kier alpha value is -1.93. The van der Waals surface area contributed by atoms with Crippen LogP contribution in [0.5, 0.6) is 5.75 Å². The van der Waals surface area contributed by atoms with E-state index in [4.69, 9.17) is 21.1 Å². The molecule has 2 aromatic rings. The predicted molar refractivity (Wildman–Crippen MR) is 151 cm³/mol. The van der Waals surface area contributed by atoms with E-state index in [0.29, 0.717) is 23.3 Å². The molecule has 0 heterocycles. The summed E-state index contributed by atoms with van der Waals surface area (Å²) < 4.78 is 44.9. The van der Waals surface area contributed by atoms with Crippen LogP contribution >= 0.6 is 23.5 Å². The number of ether oxygens (including phenoxy) is 2. The van der Waals surface area contributed by atoms with Gasteiger partial charge in [-0.15, -0.1) is 0 Å². The molecule has 0 amide bonds. The summed E-state index contributed by atoms with van der Waals surface area (Å²) in [4.78, 5) is 11.7. The van der Waals surface area contributed by atoms with Gasteiger partial charge in [-0.3, -0.25) is 0 Å². The molecule has 4 rings (SSSR count). The van der Waals surface area contributed by atoms with Crippen LogP contribution in [-0.4, -0.2) is 36.9 Å². The molecule has 2 aliphatic carbocycles. The Morgan fingerprint density at radius 2 is 1.79 bits per heavy atom. The molecule has 38 heavy (non-hydrogen) atoms. The molecule has 3 atom stereocenters. The molecule has 1 saturated carbocycles. The Balaban J connectivity index is 1.31. The number of hydrogen-bond donors (Lipinski definition) is 1. The van der Waals surface area contributed by atoms with E-state index < -0.39 is 12.0 Å². The Morgan fingerprint density at radius 3 is 2.45 bits per heavy atom. The zero-order valence-corrected chi connectivity index (χ0v) is 23.3. The fourth-order valence-corrected chi connectivity index (χ4v) is 6.10. The average Bonchev–Trinajstić information content (AvgIpc) is 2.95. The largest absolute Gasteiger partial charge is 0.492 e. The lowest BCUT2D eigenvalue weighted by molar-refractivity contribution is -0.119. The third-order valence-electron chi connectivity index (χ3n) is 7.25. The normalized spacial score (nSPS) is 21.3. The second kappa shape index (κ2) is 13.9. The molecular formula is C30H36ClF2NO3S. The SMILES string of the molecule is CCOc1cc(-c2ccc(C(F)(F)[C@@H](C=O)NSC3C=CC(OCC4CCCCC4)CC3)cc2)ccc1Cl. The van der Waals surface area contributed by atoms with E-state index in [9.17, 15) is 4.79 Å². The van der Waals surface area contributed by atoms with Gasteiger partial charge in [0.1, 0.15) is 18.1 Å². The van der Waals surface area contributed by atoms with Crippen molar-refractivity contribution in [2.75, 3.05) is 13.2 Å². The molecule has 0 saturated heterocycles. The fourth-order valence-electron chi connectivity index (χ4n) is 4.98. The van der Waals surface area contributed by atoms with Crippen LogP contribution < -0.4 is 9.46 Å². The maximum absolute atomic E-state index is 15.3. The number of carbonyl (C=O) groups is 1. The molecular weight excluding hydrogens is 528 g/mol. The number of benzene rings is 2. The minimum absolute atomic E-state index is 0.00889. The Bertz CT molecular complexity index is 1080. The number of hydrogen-bond acceptors (Lipinski definition) is 5. The minimum Gasteiger partial charge on any atom is -0.492 e. The van der Waals surface area contributed by atoms with Crippen molar-refractivity contribution in [3.05, 3.63) is 65.2 Å². The van der Waals surface area contributed by atoms with Gasteiger partial charge in [-0.05, 0) is 61.8 Å². The molecule has 2 aromatic carbocycles. The highest BCUT2D eigenvalue weighted by Gasteiger charge is 2.42. The molecule has 0 aliphatic heterocycles. The van der Waals surface area contributed by atoms with Crippen LogP contribution in [0, 0.1) is 5.92 Å². The lowest BCUT2D eigenvalue weighted by Gasteiger charge is -2.28. The number of alkyl halides is 2. The van der Waals surface area contributed by atoms with Gasteiger partial charge in [0, 0.05) is 10.8 Å². The first-order valence-corrected chi connectivity index (χ1v) is 14.7. The molecule has 0 aromatic heterocycles. The van der Waals surface area contributed by atoms with E-state index in [1.54, 1.807) is 24.3 Å². The highest BCUT2D eigenvalue weighted by molar-refractivity contribution is 7.98. The van der Waals surface area contributed by atoms with Crippen molar-refractivity contribution in [3.63, 3.8) is 0 Å². The molecule has 206 valence electrons. The van der Waals surface area contributed by atoms with Gasteiger partial charge in [-0.25, -0.2) is 4.72 Å². The zero-order valence-electron chi connectivity index (χ0n) is 21.7. The number of halogens is 3. The van der Waals surface area contributed by atoms with E-state index in [1.807, 2.05) is 25.1 Å². The van der Waals surface area contributed by atoms with Crippen LogP contribution in [0.3, 0.4) is 0 Å². The van der Waals surface area contributed by atoms with E-state index in [1.165, 1.54) is 56.2 Å². The second-order valence-electron chi connectivity index (χ2n) is 10.0. The molecule has 0 spiro atoms. The molecule has 2 aliphatic rings. The summed E-state index contributed by atoms with van der Waals surface area (Å²) in [7, 11) is 0. The standard InChI is InChI=1S/C30H36ClF2NO3S/c1-2-36-28-18-23(10-17-27(28)31)22-8-11-24(12-9-22)30(32,33)29(19-35)34-38-26-15-13-25(14-16-26)37-20-21-6-4-3-5-7-21/h8-13,15,17-19,21,25-26,29,34H,2-7,14,16,20H2,1H3/t25?,26?,29-/m1/s1. The third-order valence-corrected chi connectivity index (χ3v) is 8.65. The second-order valence-corrected chi connectivity index (χ2v) is 11.5. The van der Waals surface area contributed by atoms with Crippen LogP contribution in [0.2, 0.25) is 5.02 Å². The fraction of sp³-hybridized carbons (Fsp3) is 0.500. The first kappa shape index (κ1) is 29.1. The van der Waals surface area contributed by atoms with Crippen LogP contribution in [0.15, 0.2) is 54.6 Å². The van der Waals surface area contributed by atoms with Crippen molar-refractivity contribution >= 4 is 29.8 Å². The monoisotopic (exact) mass is 563 g/mol. The number of nitrogens with one attached hydrogen (secondary N) is 1. The number of carbonyl (C=O) groups excluding carboxylic acids is 1. The summed E-state index contributed by atoms with van der Waals surface area (Å²) in [5, 5.41) is 0.501. The van der Waals surface area contributed by atoms with Gasteiger partial charge in [-0.1, -0.05) is 85.3 Å². The lowest BCUT2D eigenvalue weighted by atomic mass is 9.90. The van der Waals surface area contributed by atoms with Crippen molar-refractivity contribution < 1.29 is 23.0 Å². The Labute approximate surface area is 233 Å². The number of rotatable bonds is 12. The van der Waals surface area contributed by atoms with Crippen LogP contribution in [0.4, 0.5) is 8.78 Å². The molecule has 0 bridgehead atoms. The molecule has 0 radical (unpaired) electrons. The van der Waals surface area contributed by atoms with E-state index in [0.717, 1.165) is 30.6 Å². The first-order valence-electron chi connectivity index (χ1n) is 13.5. The quantitative estimate of drug-likeness (QED) is 0.161. The predicted octanol–water partition coefficient (Wildman–Crippen LogP) is 7.99. The maximum atomic E-state index is 15.3. The van der Waals surface area contributed by atoms with Gasteiger partial charge in [0.15, 0.2) is 0 Å². The number of aldehydes is 1. The first-order chi connectivity index (χ1) is 18.4. The van der Waals surface area contributed by atoms with Crippen LogP contribution in [0.1, 0.15) is 57.4 Å². The van der Waals surface area contributed by atoms with Gasteiger partial charge in [0.05, 0.1) is 24.3 Å². The smallest absolute Gasteiger partial charge is 0.295 e. The topological polar surface area (TPSA) is 47.6 Å². The van der Waals surface area contributed by atoms with Gasteiger partial charge < -0.3 is 14.3 Å². The van der Waals surface area contributed by atoms with Crippen molar-refractivity contribution in [2.45, 2.75) is 75.2 Å². The van der Waals surface area contributed by atoms with Crippen molar-refractivity contribution in [2.24, 2.45) is 5.92 Å². The van der Waals surface area contributed by atoms with Crippen molar-refractivity contribution in [3.8, 4) is 16.9 Å². The molecule has 8 heteroatoms. The van der Waals surface area contributed by atoms with E-state index in [-0.39, 0.29) is 23.2 Å². The summed E-state index contributed by atoms with van der Waals surface area (Å²) in [5.41, 5.74) is 1.33. The molecule has 2 unspecified atom stereocenters. The third kappa shape index (κ3) is 7.59.